The maximum Gasteiger partial charge on any atom is 0.272 e. The predicted octanol–water partition coefficient (Wildman–Crippen LogP) is 3.73. The molecule has 0 radical (unpaired) electrons. The molecule has 0 unspecified atom stereocenters. The molecule has 1 amide bonds. The van der Waals surface area contributed by atoms with Crippen LogP contribution in [0.5, 0.6) is 11.5 Å². The van der Waals surface area contributed by atoms with Gasteiger partial charge in [-0.05, 0) is 60.9 Å². The Morgan fingerprint density at radius 2 is 1.92 bits per heavy atom. The van der Waals surface area contributed by atoms with Gasteiger partial charge in [-0.2, -0.15) is 4.99 Å². The normalized spacial score (nSPS) is 13.9. The number of ether oxygens (including phenoxy) is 2. The Balaban J connectivity index is 1.63. The van der Waals surface area contributed by atoms with Crippen molar-refractivity contribution in [3.05, 3.63) is 57.9 Å². The van der Waals surface area contributed by atoms with Crippen LogP contribution in [0.15, 0.2) is 41.4 Å². The fourth-order valence-electron chi connectivity index (χ4n) is 2.80. The highest BCUT2D eigenvalue weighted by Crippen LogP contribution is 2.32. The Hall–Kier alpha value is -2.86. The van der Waals surface area contributed by atoms with Crippen molar-refractivity contribution in [2.24, 2.45) is 12.0 Å². The summed E-state index contributed by atoms with van der Waals surface area (Å²) in [6.07, 6.45) is 3.20. The van der Waals surface area contributed by atoms with Crippen LogP contribution in [0, 0.1) is 13.8 Å². The van der Waals surface area contributed by atoms with Crippen molar-refractivity contribution in [1.29, 1.82) is 0 Å². The maximum absolute atomic E-state index is 12.3. The second-order valence-corrected chi connectivity index (χ2v) is 7.25. The molecule has 2 heterocycles. The molecule has 0 bridgehead atoms. The van der Waals surface area contributed by atoms with E-state index in [1.165, 1.54) is 28.5 Å². The number of rotatable bonds is 2. The monoisotopic (exact) mass is 366 g/mol. The molecule has 0 saturated carbocycles. The average Bonchev–Trinajstić information content (AvgIpc) is 3.19. The number of thiazole rings is 1. The lowest BCUT2D eigenvalue weighted by Crippen LogP contribution is -2.12. The highest BCUT2D eigenvalue weighted by molar-refractivity contribution is 7.16. The van der Waals surface area contributed by atoms with Gasteiger partial charge < -0.3 is 14.0 Å². The quantitative estimate of drug-likeness (QED) is 0.650. The van der Waals surface area contributed by atoms with Crippen molar-refractivity contribution in [2.45, 2.75) is 13.8 Å². The standard InChI is InChI=1S/C20H18N2O3S/c1-12-8-15-18(9-13(12)2)26-20(22(15)3)21-19(23)7-5-14-4-6-16-17(10-14)25-11-24-16/h4-10H,11H2,1-3H3/b7-5+,21-20?. The number of hydrogen-bond acceptors (Lipinski definition) is 4. The Labute approximate surface area is 154 Å². The summed E-state index contributed by atoms with van der Waals surface area (Å²) in [6.45, 7) is 4.41. The molecule has 5 nitrogen and oxygen atoms in total. The second kappa shape index (κ2) is 6.46. The number of amides is 1. The molecule has 2 aromatic carbocycles. The Kier molecular flexibility index (Phi) is 4.12. The summed E-state index contributed by atoms with van der Waals surface area (Å²) in [4.78, 5) is 17.2. The molecule has 1 aliphatic heterocycles. The van der Waals surface area contributed by atoms with E-state index in [2.05, 4.69) is 31.0 Å². The van der Waals surface area contributed by atoms with Crippen LogP contribution in [0.2, 0.25) is 0 Å². The first-order chi connectivity index (χ1) is 12.5. The summed E-state index contributed by atoms with van der Waals surface area (Å²) in [5.41, 5.74) is 4.42. The van der Waals surface area contributed by atoms with Crippen molar-refractivity contribution >= 4 is 33.5 Å². The molecule has 1 aromatic heterocycles. The highest BCUT2D eigenvalue weighted by atomic mass is 32.1. The largest absolute Gasteiger partial charge is 0.454 e. The third kappa shape index (κ3) is 3.04. The molecule has 0 saturated heterocycles. The van der Waals surface area contributed by atoms with E-state index < -0.39 is 0 Å². The van der Waals surface area contributed by atoms with Gasteiger partial charge in [0.1, 0.15) is 0 Å². The van der Waals surface area contributed by atoms with Crippen LogP contribution >= 0.6 is 11.3 Å². The molecule has 0 fully saturated rings. The zero-order valence-corrected chi connectivity index (χ0v) is 15.6. The van der Waals surface area contributed by atoms with Crippen LogP contribution in [0.3, 0.4) is 0 Å². The lowest BCUT2D eigenvalue weighted by atomic mass is 10.1. The summed E-state index contributed by atoms with van der Waals surface area (Å²) in [7, 11) is 1.93. The molecule has 4 rings (SSSR count). The number of fused-ring (bicyclic) bond motifs is 2. The van der Waals surface area contributed by atoms with Gasteiger partial charge in [-0.3, -0.25) is 4.79 Å². The van der Waals surface area contributed by atoms with E-state index >= 15 is 0 Å². The van der Waals surface area contributed by atoms with Gasteiger partial charge in [-0.25, -0.2) is 0 Å². The molecule has 0 aliphatic carbocycles. The van der Waals surface area contributed by atoms with Crippen LogP contribution in [-0.4, -0.2) is 17.3 Å². The summed E-state index contributed by atoms with van der Waals surface area (Å²) < 4.78 is 13.7. The summed E-state index contributed by atoms with van der Waals surface area (Å²) in [6, 6.07) is 9.83. The molecular formula is C20H18N2O3S. The number of aromatic nitrogens is 1. The first kappa shape index (κ1) is 16.6. The van der Waals surface area contributed by atoms with Gasteiger partial charge in [0.05, 0.1) is 10.2 Å². The van der Waals surface area contributed by atoms with Crippen LogP contribution < -0.4 is 14.3 Å². The highest BCUT2D eigenvalue weighted by Gasteiger charge is 2.12. The zero-order chi connectivity index (χ0) is 18.3. The number of carbonyl (C=O) groups is 1. The Morgan fingerprint density at radius 3 is 2.77 bits per heavy atom. The second-order valence-electron chi connectivity index (χ2n) is 6.24. The smallest absolute Gasteiger partial charge is 0.272 e. The van der Waals surface area contributed by atoms with Gasteiger partial charge in [0.25, 0.3) is 5.91 Å². The van der Waals surface area contributed by atoms with Crippen molar-refractivity contribution in [3.8, 4) is 11.5 Å². The zero-order valence-electron chi connectivity index (χ0n) is 14.8. The van der Waals surface area contributed by atoms with Crippen LogP contribution in [0.1, 0.15) is 16.7 Å². The molecule has 0 atom stereocenters. The minimum atomic E-state index is -0.293. The van der Waals surface area contributed by atoms with E-state index in [4.69, 9.17) is 9.47 Å². The van der Waals surface area contributed by atoms with Crippen LogP contribution in [-0.2, 0) is 11.8 Å². The van der Waals surface area contributed by atoms with Crippen LogP contribution in [0.4, 0.5) is 0 Å². The van der Waals surface area contributed by atoms with Crippen molar-refractivity contribution in [3.63, 3.8) is 0 Å². The lowest BCUT2D eigenvalue weighted by Gasteiger charge is -2.00. The first-order valence-electron chi connectivity index (χ1n) is 8.24. The number of carbonyl (C=O) groups excluding carboxylic acids is 1. The maximum atomic E-state index is 12.3. The van der Waals surface area contributed by atoms with Gasteiger partial charge in [0.15, 0.2) is 16.3 Å². The Morgan fingerprint density at radius 1 is 1.15 bits per heavy atom. The Bertz CT molecular complexity index is 1120. The van der Waals surface area contributed by atoms with Crippen LogP contribution in [0.25, 0.3) is 16.3 Å². The molecule has 0 spiro atoms. The van der Waals surface area contributed by atoms with Crippen molar-refractivity contribution in [2.75, 3.05) is 6.79 Å². The topological polar surface area (TPSA) is 52.8 Å². The molecular weight excluding hydrogens is 348 g/mol. The third-order valence-corrected chi connectivity index (χ3v) is 5.54. The van der Waals surface area contributed by atoms with Gasteiger partial charge in [0.2, 0.25) is 6.79 Å². The third-order valence-electron chi connectivity index (χ3n) is 4.45. The molecule has 3 aromatic rings. The van der Waals surface area contributed by atoms with Gasteiger partial charge >= 0.3 is 0 Å². The predicted molar refractivity (Wildman–Crippen MR) is 102 cm³/mol. The molecule has 132 valence electrons. The van der Waals surface area contributed by atoms with Gasteiger partial charge in [-0.1, -0.05) is 17.4 Å². The minimum absolute atomic E-state index is 0.234. The van der Waals surface area contributed by atoms with Crippen molar-refractivity contribution in [1.82, 2.24) is 4.57 Å². The molecule has 1 aliphatic rings. The van der Waals surface area contributed by atoms with E-state index in [0.29, 0.717) is 10.6 Å². The number of benzene rings is 2. The number of aryl methyl sites for hydroxylation is 3. The number of hydrogen-bond donors (Lipinski definition) is 0. The minimum Gasteiger partial charge on any atom is -0.454 e. The van der Waals surface area contributed by atoms with Crippen molar-refractivity contribution < 1.29 is 14.3 Å². The van der Waals surface area contributed by atoms with E-state index in [-0.39, 0.29) is 12.7 Å². The molecule has 0 N–H and O–H groups in total. The summed E-state index contributed by atoms with van der Waals surface area (Å²) >= 11 is 1.52. The van der Waals surface area contributed by atoms with Gasteiger partial charge in [0, 0.05) is 13.1 Å². The van der Waals surface area contributed by atoms with E-state index in [1.807, 2.05) is 29.8 Å². The fraction of sp³-hybridized carbons (Fsp3) is 0.200. The average molecular weight is 366 g/mol. The lowest BCUT2D eigenvalue weighted by molar-refractivity contribution is -0.113. The first-order valence-corrected chi connectivity index (χ1v) is 9.06. The fourth-order valence-corrected chi connectivity index (χ4v) is 3.91. The van der Waals surface area contributed by atoms with Gasteiger partial charge in [-0.15, -0.1) is 0 Å². The van der Waals surface area contributed by atoms with E-state index in [0.717, 1.165) is 21.5 Å². The molecule has 6 heteroatoms. The van der Waals surface area contributed by atoms with E-state index in [1.54, 1.807) is 6.08 Å². The summed E-state index contributed by atoms with van der Waals surface area (Å²) in [5.74, 6) is 1.12. The number of nitrogens with zero attached hydrogens (tertiary/aromatic N) is 2. The SMILES string of the molecule is Cc1cc2sc(=NC(=O)/C=C/c3ccc4c(c3)OCO4)n(C)c2cc1C. The molecule has 26 heavy (non-hydrogen) atoms. The van der Waals surface area contributed by atoms with E-state index in [9.17, 15) is 4.79 Å². The summed E-state index contributed by atoms with van der Waals surface area (Å²) in [5, 5.41) is 0.